The molecule has 0 unspecified atom stereocenters. The molecule has 0 saturated carbocycles. The molecular weight excluding hydrogens is 292 g/mol. The summed E-state index contributed by atoms with van der Waals surface area (Å²) in [5.41, 5.74) is 0.610. The van der Waals surface area contributed by atoms with Crippen molar-refractivity contribution in [3.63, 3.8) is 0 Å². The lowest BCUT2D eigenvalue weighted by atomic mass is 10.3. The maximum Gasteiger partial charge on any atom is 0.287 e. The van der Waals surface area contributed by atoms with Gasteiger partial charge >= 0.3 is 0 Å². The van der Waals surface area contributed by atoms with Gasteiger partial charge in [0.05, 0.1) is 18.8 Å². The number of nitrogens with zero attached hydrogens (tertiary/aromatic N) is 1. The second kappa shape index (κ2) is 6.64. The Hall–Kier alpha value is -1.99. The zero-order valence-corrected chi connectivity index (χ0v) is 12.9. The molecule has 112 valence electrons. The number of carbonyl (C=O) groups is 1. The summed E-state index contributed by atoms with van der Waals surface area (Å²) < 4.78 is 10.3. The van der Waals surface area contributed by atoms with Crippen LogP contribution in [-0.4, -0.2) is 18.0 Å². The van der Waals surface area contributed by atoms with Gasteiger partial charge in [-0.05, 0) is 13.8 Å². The third-order valence-electron chi connectivity index (χ3n) is 2.73. The van der Waals surface area contributed by atoms with Gasteiger partial charge in [-0.25, -0.2) is 4.98 Å². The standard InChI is InChI=1S/C14H16N2O4S/c1-8-4-10(17)5-11(20-8)14(18)15-6-12-9(2)16-13(21-12)7-19-3/h4-5H,6-7H2,1-3H3,(H,15,18). The lowest BCUT2D eigenvalue weighted by molar-refractivity contribution is 0.0919. The molecule has 21 heavy (non-hydrogen) atoms. The minimum Gasteiger partial charge on any atom is -0.456 e. The van der Waals surface area contributed by atoms with Crippen LogP contribution in [-0.2, 0) is 17.9 Å². The molecule has 0 atom stereocenters. The van der Waals surface area contributed by atoms with Gasteiger partial charge in [-0.3, -0.25) is 9.59 Å². The summed E-state index contributed by atoms with van der Waals surface area (Å²) in [5, 5.41) is 3.59. The summed E-state index contributed by atoms with van der Waals surface area (Å²) in [6.45, 7) is 4.29. The molecule has 0 aliphatic carbocycles. The molecule has 2 aromatic heterocycles. The Balaban J connectivity index is 2.05. The number of rotatable bonds is 5. The van der Waals surface area contributed by atoms with Crippen LogP contribution >= 0.6 is 11.3 Å². The number of aromatic nitrogens is 1. The highest BCUT2D eigenvalue weighted by molar-refractivity contribution is 7.11. The molecule has 1 amide bonds. The summed E-state index contributed by atoms with van der Waals surface area (Å²) in [5.74, 6) is 0.000163. The van der Waals surface area contributed by atoms with E-state index >= 15 is 0 Å². The average molecular weight is 308 g/mol. The summed E-state index contributed by atoms with van der Waals surface area (Å²) in [7, 11) is 1.61. The van der Waals surface area contributed by atoms with Gasteiger partial charge < -0.3 is 14.5 Å². The van der Waals surface area contributed by atoms with E-state index in [1.807, 2.05) is 6.92 Å². The van der Waals surface area contributed by atoms with Crippen molar-refractivity contribution in [2.45, 2.75) is 27.0 Å². The lowest BCUT2D eigenvalue weighted by Crippen LogP contribution is -2.23. The molecule has 0 bridgehead atoms. The topological polar surface area (TPSA) is 81.4 Å². The van der Waals surface area contributed by atoms with E-state index in [0.29, 0.717) is 18.9 Å². The Kier molecular flexibility index (Phi) is 4.87. The Morgan fingerprint density at radius 1 is 1.43 bits per heavy atom. The highest BCUT2D eigenvalue weighted by Gasteiger charge is 2.12. The van der Waals surface area contributed by atoms with E-state index in [0.717, 1.165) is 15.6 Å². The van der Waals surface area contributed by atoms with E-state index < -0.39 is 5.91 Å². The summed E-state index contributed by atoms with van der Waals surface area (Å²) in [4.78, 5) is 28.6. The molecule has 6 nitrogen and oxygen atoms in total. The number of ether oxygens (including phenoxy) is 1. The first-order chi connectivity index (χ1) is 9.99. The van der Waals surface area contributed by atoms with Crippen LogP contribution < -0.4 is 10.7 Å². The van der Waals surface area contributed by atoms with Crippen molar-refractivity contribution in [3.8, 4) is 0 Å². The molecule has 0 aliphatic heterocycles. The van der Waals surface area contributed by atoms with Gasteiger partial charge in [0, 0.05) is 24.1 Å². The van der Waals surface area contributed by atoms with Crippen molar-refractivity contribution < 1.29 is 13.9 Å². The Morgan fingerprint density at radius 2 is 2.19 bits per heavy atom. The third-order valence-corrected chi connectivity index (χ3v) is 3.86. The highest BCUT2D eigenvalue weighted by atomic mass is 32.1. The van der Waals surface area contributed by atoms with E-state index in [4.69, 9.17) is 9.15 Å². The van der Waals surface area contributed by atoms with E-state index in [1.165, 1.54) is 23.5 Å². The predicted molar refractivity (Wildman–Crippen MR) is 78.4 cm³/mol. The van der Waals surface area contributed by atoms with Crippen molar-refractivity contribution in [2.24, 2.45) is 0 Å². The van der Waals surface area contributed by atoms with Gasteiger partial charge in [0.25, 0.3) is 5.91 Å². The van der Waals surface area contributed by atoms with Crippen molar-refractivity contribution >= 4 is 17.2 Å². The van der Waals surface area contributed by atoms with Gasteiger partial charge in [-0.15, -0.1) is 11.3 Å². The maximum atomic E-state index is 12.0. The molecular formula is C14H16N2O4S. The SMILES string of the molecule is COCc1nc(C)c(CNC(=O)c2cc(=O)cc(C)o2)s1. The Morgan fingerprint density at radius 3 is 2.86 bits per heavy atom. The van der Waals surface area contributed by atoms with Crippen LogP contribution in [0.1, 0.15) is 31.9 Å². The van der Waals surface area contributed by atoms with E-state index in [2.05, 4.69) is 10.3 Å². The molecule has 0 radical (unpaired) electrons. The van der Waals surface area contributed by atoms with E-state index in [9.17, 15) is 9.59 Å². The largest absolute Gasteiger partial charge is 0.456 e. The van der Waals surface area contributed by atoms with E-state index in [-0.39, 0.29) is 11.2 Å². The van der Waals surface area contributed by atoms with Gasteiger partial charge in [0.2, 0.25) is 0 Å². The third kappa shape index (κ3) is 3.99. The minimum absolute atomic E-state index is 0.0132. The molecule has 7 heteroatoms. The number of aryl methyl sites for hydroxylation is 2. The van der Waals surface area contributed by atoms with Crippen LogP contribution in [0, 0.1) is 13.8 Å². The first-order valence-corrected chi connectivity index (χ1v) is 7.15. The minimum atomic E-state index is -0.420. The van der Waals surface area contributed by atoms with Crippen LogP contribution in [0.5, 0.6) is 0 Å². The van der Waals surface area contributed by atoms with Gasteiger partial charge in [0.15, 0.2) is 11.2 Å². The maximum absolute atomic E-state index is 12.0. The number of hydrogen-bond donors (Lipinski definition) is 1. The fourth-order valence-corrected chi connectivity index (χ4v) is 2.78. The first kappa shape index (κ1) is 15.4. The molecule has 0 aromatic carbocycles. The molecule has 0 fully saturated rings. The average Bonchev–Trinajstić information content (AvgIpc) is 2.75. The molecule has 1 N–H and O–H groups in total. The Bertz CT molecular complexity index is 705. The molecule has 2 rings (SSSR count). The highest BCUT2D eigenvalue weighted by Crippen LogP contribution is 2.18. The summed E-state index contributed by atoms with van der Waals surface area (Å²) >= 11 is 1.48. The molecule has 0 aliphatic rings. The number of hydrogen-bond acceptors (Lipinski definition) is 6. The van der Waals surface area contributed by atoms with Crippen molar-refractivity contribution in [1.82, 2.24) is 10.3 Å². The van der Waals surface area contributed by atoms with Crippen LogP contribution in [0.15, 0.2) is 21.3 Å². The van der Waals surface area contributed by atoms with Crippen LogP contribution in [0.25, 0.3) is 0 Å². The number of carbonyl (C=O) groups excluding carboxylic acids is 1. The number of nitrogens with one attached hydrogen (secondary N) is 1. The summed E-state index contributed by atoms with van der Waals surface area (Å²) in [6.07, 6.45) is 0. The fourth-order valence-electron chi connectivity index (χ4n) is 1.80. The van der Waals surface area contributed by atoms with Gasteiger partial charge in [-0.2, -0.15) is 0 Å². The quantitative estimate of drug-likeness (QED) is 0.910. The van der Waals surface area contributed by atoms with Gasteiger partial charge in [0.1, 0.15) is 10.8 Å². The second-order valence-corrected chi connectivity index (χ2v) is 5.67. The smallest absolute Gasteiger partial charge is 0.287 e. The lowest BCUT2D eigenvalue weighted by Gasteiger charge is -2.04. The number of thiazole rings is 1. The van der Waals surface area contributed by atoms with E-state index in [1.54, 1.807) is 14.0 Å². The van der Waals surface area contributed by atoms with Crippen molar-refractivity contribution in [3.05, 3.63) is 49.5 Å². The predicted octanol–water partition coefficient (Wildman–Crippen LogP) is 1.79. The zero-order valence-electron chi connectivity index (χ0n) is 12.1. The van der Waals surface area contributed by atoms with Crippen LogP contribution in [0.2, 0.25) is 0 Å². The molecule has 0 spiro atoms. The van der Waals surface area contributed by atoms with Crippen molar-refractivity contribution in [1.29, 1.82) is 0 Å². The molecule has 2 aromatic rings. The van der Waals surface area contributed by atoms with Gasteiger partial charge in [-0.1, -0.05) is 0 Å². The molecule has 0 saturated heterocycles. The van der Waals surface area contributed by atoms with Crippen molar-refractivity contribution in [2.75, 3.05) is 7.11 Å². The number of methoxy groups -OCH3 is 1. The molecule has 2 heterocycles. The van der Waals surface area contributed by atoms with Crippen LogP contribution in [0.3, 0.4) is 0 Å². The summed E-state index contributed by atoms with van der Waals surface area (Å²) in [6, 6.07) is 2.51. The first-order valence-electron chi connectivity index (χ1n) is 6.33. The normalized spacial score (nSPS) is 10.6. The second-order valence-electron chi connectivity index (χ2n) is 4.50. The number of amides is 1. The zero-order chi connectivity index (χ0) is 15.4. The Labute approximate surface area is 125 Å². The fraction of sp³-hybridized carbons (Fsp3) is 0.357. The monoisotopic (exact) mass is 308 g/mol. The van der Waals surface area contributed by atoms with Crippen LogP contribution in [0.4, 0.5) is 0 Å².